The molecule has 0 bridgehead atoms. The number of aromatic nitrogens is 2. The van der Waals surface area contributed by atoms with Gasteiger partial charge < -0.3 is 9.13 Å². The molecule has 0 unspecified atom stereocenters. The van der Waals surface area contributed by atoms with E-state index in [0.29, 0.717) is 0 Å². The van der Waals surface area contributed by atoms with Crippen molar-refractivity contribution < 1.29 is 0 Å². The normalized spacial score (nSPS) is 12.2. The first-order valence-electron chi connectivity index (χ1n) is 18.0. The van der Waals surface area contributed by atoms with Crippen LogP contribution in [0.3, 0.4) is 0 Å². The first-order chi connectivity index (χ1) is 25.8. The summed E-state index contributed by atoms with van der Waals surface area (Å²) in [6, 6.07) is 67.1. The van der Waals surface area contributed by atoms with Crippen LogP contribution in [0.25, 0.3) is 110 Å². The lowest BCUT2D eigenvalue weighted by atomic mass is 9.99. The van der Waals surface area contributed by atoms with Crippen LogP contribution >= 0.6 is 0 Å². The van der Waals surface area contributed by atoms with Crippen molar-refractivity contribution in [2.24, 2.45) is 0 Å². The van der Waals surface area contributed by atoms with Crippen molar-refractivity contribution in [2.45, 2.75) is 0 Å². The van der Waals surface area contributed by atoms with Crippen molar-refractivity contribution in [3.63, 3.8) is 0 Å². The fourth-order valence-electron chi connectivity index (χ4n) is 9.28. The molecule has 0 radical (unpaired) electrons. The van der Waals surface area contributed by atoms with Gasteiger partial charge in [-0.1, -0.05) is 146 Å². The van der Waals surface area contributed by atoms with Gasteiger partial charge in [-0.05, 0) is 85.9 Å². The van der Waals surface area contributed by atoms with Gasteiger partial charge in [0, 0.05) is 38.3 Å². The number of hydrogen-bond acceptors (Lipinski definition) is 0. The molecule has 0 amide bonds. The van der Waals surface area contributed by atoms with Crippen molar-refractivity contribution in [1.82, 2.24) is 9.13 Å². The number of para-hydroxylation sites is 2. The largest absolute Gasteiger partial charge is 0.309 e. The van der Waals surface area contributed by atoms with Gasteiger partial charge in [-0.3, -0.25) is 0 Å². The van der Waals surface area contributed by atoms with Crippen LogP contribution in [0.5, 0.6) is 0 Å². The fraction of sp³-hybridized carbons (Fsp3) is 0. The third-order valence-corrected chi connectivity index (χ3v) is 11.4. The Kier molecular flexibility index (Phi) is 5.53. The van der Waals surface area contributed by atoms with E-state index in [1.165, 1.54) is 104 Å². The number of rotatable bonds is 3. The molecule has 0 spiro atoms. The fourth-order valence-corrected chi connectivity index (χ4v) is 9.28. The first-order valence-corrected chi connectivity index (χ1v) is 18.0. The van der Waals surface area contributed by atoms with E-state index in [4.69, 9.17) is 0 Å². The highest BCUT2D eigenvalue weighted by atomic mass is 15.0. The maximum atomic E-state index is 2.54. The molecule has 12 rings (SSSR count). The van der Waals surface area contributed by atoms with Crippen LogP contribution in [0.15, 0.2) is 182 Å². The maximum Gasteiger partial charge on any atom is 0.0647 e. The molecule has 2 aromatic heterocycles. The van der Waals surface area contributed by atoms with Crippen LogP contribution in [-0.2, 0) is 0 Å². The molecule has 52 heavy (non-hydrogen) atoms. The van der Waals surface area contributed by atoms with E-state index in [2.05, 4.69) is 191 Å². The Morgan fingerprint density at radius 3 is 1.58 bits per heavy atom. The molecule has 1 aliphatic carbocycles. The average molecular weight is 659 g/mol. The second-order valence-corrected chi connectivity index (χ2v) is 14.0. The van der Waals surface area contributed by atoms with Gasteiger partial charge in [-0.25, -0.2) is 0 Å². The third kappa shape index (κ3) is 3.63. The summed E-state index contributed by atoms with van der Waals surface area (Å²) < 4.78 is 5.03. The van der Waals surface area contributed by atoms with Crippen molar-refractivity contribution in [2.75, 3.05) is 0 Å². The highest BCUT2D eigenvalue weighted by molar-refractivity contribution is 6.36. The minimum Gasteiger partial charge on any atom is -0.309 e. The van der Waals surface area contributed by atoms with Gasteiger partial charge in [0.15, 0.2) is 0 Å². The van der Waals surface area contributed by atoms with Gasteiger partial charge in [0.1, 0.15) is 0 Å². The summed E-state index contributed by atoms with van der Waals surface area (Å²) in [7, 11) is 0. The minimum atomic E-state index is 1.15. The zero-order valence-corrected chi connectivity index (χ0v) is 28.2. The first kappa shape index (κ1) is 27.9. The summed E-state index contributed by atoms with van der Waals surface area (Å²) >= 11 is 0. The van der Waals surface area contributed by atoms with Crippen molar-refractivity contribution >= 4 is 65.2 Å². The average Bonchev–Trinajstić information content (AvgIpc) is 3.86. The highest BCUT2D eigenvalue weighted by Crippen LogP contribution is 2.50. The summed E-state index contributed by atoms with van der Waals surface area (Å²) in [6.07, 6.45) is 0. The molecule has 9 aromatic carbocycles. The van der Waals surface area contributed by atoms with Crippen LogP contribution in [-0.4, -0.2) is 9.13 Å². The molecule has 1 aliphatic rings. The van der Waals surface area contributed by atoms with Crippen LogP contribution < -0.4 is 0 Å². The number of nitrogens with zero attached hydrogens (tertiary/aromatic N) is 2. The molecule has 0 saturated carbocycles. The molecule has 0 fully saturated rings. The lowest BCUT2D eigenvalue weighted by Crippen LogP contribution is -1.97. The predicted octanol–water partition coefficient (Wildman–Crippen LogP) is 13.5. The monoisotopic (exact) mass is 658 g/mol. The lowest BCUT2D eigenvalue weighted by molar-refractivity contribution is 1.18. The van der Waals surface area contributed by atoms with Crippen LogP contribution in [0.4, 0.5) is 0 Å². The predicted molar refractivity (Wildman–Crippen MR) is 220 cm³/mol. The van der Waals surface area contributed by atoms with E-state index in [1.807, 2.05) is 0 Å². The summed E-state index contributed by atoms with van der Waals surface area (Å²) in [5.41, 5.74) is 14.9. The Bertz CT molecular complexity index is 3260. The van der Waals surface area contributed by atoms with Crippen molar-refractivity contribution in [3.8, 4) is 44.8 Å². The minimum absolute atomic E-state index is 1.15. The lowest BCUT2D eigenvalue weighted by Gasteiger charge is -2.14. The number of benzene rings is 9. The van der Waals surface area contributed by atoms with Crippen LogP contribution in [0, 0.1) is 0 Å². The van der Waals surface area contributed by atoms with E-state index in [0.717, 1.165) is 5.69 Å². The second kappa shape index (κ2) is 10.3. The standard InChI is InChI=1S/C50H30N2/c1-2-12-31(13-3-1)32-24-26-34(27-25-32)51-45-23-9-7-19-42(45)48-49(51)40-17-5-4-16-38(40)47-41-18-6-8-22-44(41)52(50(47)48)35-28-29-36-37-20-10-14-33-15-11-21-39(46(33)37)43(36)30-35/h1-30H. The Morgan fingerprint density at radius 2 is 0.846 bits per heavy atom. The molecule has 2 heteroatoms. The van der Waals surface area contributed by atoms with Gasteiger partial charge >= 0.3 is 0 Å². The highest BCUT2D eigenvalue weighted by Gasteiger charge is 2.26. The Labute approximate surface area is 300 Å². The third-order valence-electron chi connectivity index (χ3n) is 11.4. The van der Waals surface area contributed by atoms with E-state index in [9.17, 15) is 0 Å². The van der Waals surface area contributed by atoms with E-state index in [-0.39, 0.29) is 0 Å². The van der Waals surface area contributed by atoms with Crippen LogP contribution in [0.1, 0.15) is 0 Å². The van der Waals surface area contributed by atoms with Crippen molar-refractivity contribution in [1.29, 1.82) is 0 Å². The molecule has 2 heterocycles. The maximum absolute atomic E-state index is 2.54. The van der Waals surface area contributed by atoms with E-state index < -0.39 is 0 Å². The molecular formula is C50H30N2. The summed E-state index contributed by atoms with van der Waals surface area (Å²) in [4.78, 5) is 0. The number of fused-ring (bicyclic) bond motifs is 13. The molecular weight excluding hydrogens is 629 g/mol. The zero-order valence-electron chi connectivity index (χ0n) is 28.2. The summed E-state index contributed by atoms with van der Waals surface area (Å²) in [5, 5.41) is 10.3. The molecule has 0 aliphatic heterocycles. The molecule has 0 atom stereocenters. The topological polar surface area (TPSA) is 9.86 Å². The zero-order chi connectivity index (χ0) is 33.9. The molecule has 11 aromatic rings. The van der Waals surface area contributed by atoms with Gasteiger partial charge in [-0.2, -0.15) is 0 Å². The SMILES string of the molecule is c1ccc(-c2ccc(-n3c4ccccc4c4c3c3ccccc3c3c5ccccc5n(-c5ccc6c(c5)-c5cccc7cccc-6c57)c34)cc2)cc1. The molecule has 0 saturated heterocycles. The quantitative estimate of drug-likeness (QED) is 0.179. The van der Waals surface area contributed by atoms with Gasteiger partial charge in [0.05, 0.1) is 22.1 Å². The molecule has 2 nitrogen and oxygen atoms in total. The molecule has 0 N–H and O–H groups in total. The smallest absolute Gasteiger partial charge is 0.0647 e. The van der Waals surface area contributed by atoms with Gasteiger partial charge in [0.2, 0.25) is 0 Å². The summed E-state index contributed by atoms with van der Waals surface area (Å²) in [6.45, 7) is 0. The summed E-state index contributed by atoms with van der Waals surface area (Å²) in [5.74, 6) is 0. The Balaban J connectivity index is 1.23. The van der Waals surface area contributed by atoms with Gasteiger partial charge in [0.25, 0.3) is 0 Å². The second-order valence-electron chi connectivity index (χ2n) is 14.0. The Hall–Kier alpha value is -6.90. The van der Waals surface area contributed by atoms with E-state index in [1.54, 1.807) is 0 Å². The van der Waals surface area contributed by atoms with E-state index >= 15 is 0 Å². The molecule has 240 valence electrons. The van der Waals surface area contributed by atoms with Crippen molar-refractivity contribution in [3.05, 3.63) is 182 Å². The Morgan fingerprint density at radius 1 is 0.288 bits per heavy atom. The number of hydrogen-bond donors (Lipinski definition) is 0. The van der Waals surface area contributed by atoms with Gasteiger partial charge in [-0.15, -0.1) is 0 Å². The van der Waals surface area contributed by atoms with Crippen LogP contribution in [0.2, 0.25) is 0 Å².